The largest absolute Gasteiger partial charge is 0.456 e. The Labute approximate surface area is 275 Å². The standard InChI is InChI=1S/C43H26N4O/c1-3-12-28(13-4-1)41-44-42(29-14-5-2-6-15-29)46-43(45-41)30-20-22-34-36-26-31(21-24-38(36)48-39(34)25-30)47-37-18-10-9-17-33(37)35-23-19-27-11-7-8-16-32(27)40(35)47/h1-26H. The third-order valence-electron chi connectivity index (χ3n) is 9.23. The summed E-state index contributed by atoms with van der Waals surface area (Å²) < 4.78 is 8.87. The molecule has 0 N–H and O–H groups in total. The van der Waals surface area contributed by atoms with Crippen LogP contribution in [0.5, 0.6) is 0 Å². The molecule has 7 aromatic carbocycles. The molecule has 0 aliphatic carbocycles. The fourth-order valence-electron chi connectivity index (χ4n) is 6.98. The zero-order valence-corrected chi connectivity index (χ0v) is 25.7. The molecule has 0 fully saturated rings. The van der Waals surface area contributed by atoms with Gasteiger partial charge in [-0.05, 0) is 41.8 Å². The zero-order chi connectivity index (χ0) is 31.6. The van der Waals surface area contributed by atoms with Gasteiger partial charge in [-0.1, -0.05) is 121 Å². The molecule has 10 rings (SSSR count). The van der Waals surface area contributed by atoms with Crippen LogP contribution in [0, 0.1) is 0 Å². The molecule has 0 aliphatic rings. The molecule has 10 aromatic rings. The molecule has 3 heterocycles. The molecule has 0 saturated heterocycles. The van der Waals surface area contributed by atoms with E-state index in [-0.39, 0.29) is 0 Å². The number of hydrogen-bond acceptors (Lipinski definition) is 4. The normalized spacial score (nSPS) is 11.8. The van der Waals surface area contributed by atoms with Gasteiger partial charge in [-0.25, -0.2) is 15.0 Å². The van der Waals surface area contributed by atoms with Gasteiger partial charge < -0.3 is 8.98 Å². The monoisotopic (exact) mass is 614 g/mol. The number of aromatic nitrogens is 4. The van der Waals surface area contributed by atoms with E-state index in [1.54, 1.807) is 0 Å². The van der Waals surface area contributed by atoms with Crippen molar-refractivity contribution in [3.8, 4) is 39.9 Å². The van der Waals surface area contributed by atoms with Gasteiger partial charge in [0.25, 0.3) is 0 Å². The Bertz CT molecular complexity index is 2780. The lowest BCUT2D eigenvalue weighted by Gasteiger charge is -2.10. The molecule has 0 atom stereocenters. The topological polar surface area (TPSA) is 56.7 Å². The van der Waals surface area contributed by atoms with Crippen molar-refractivity contribution >= 4 is 54.5 Å². The Hall–Kier alpha value is -6.59. The van der Waals surface area contributed by atoms with Crippen LogP contribution in [0.3, 0.4) is 0 Å². The van der Waals surface area contributed by atoms with Crippen molar-refractivity contribution in [1.29, 1.82) is 0 Å². The van der Waals surface area contributed by atoms with E-state index < -0.39 is 0 Å². The summed E-state index contributed by atoms with van der Waals surface area (Å²) in [4.78, 5) is 14.7. The molecule has 0 saturated carbocycles. The van der Waals surface area contributed by atoms with Gasteiger partial charge in [0, 0.05) is 49.3 Å². The molecular weight excluding hydrogens is 589 g/mol. The molecule has 0 unspecified atom stereocenters. The highest BCUT2D eigenvalue weighted by Gasteiger charge is 2.18. The number of para-hydroxylation sites is 1. The molecule has 5 heteroatoms. The predicted molar refractivity (Wildman–Crippen MR) is 195 cm³/mol. The lowest BCUT2D eigenvalue weighted by Crippen LogP contribution is -2.00. The quantitative estimate of drug-likeness (QED) is 0.198. The number of hydrogen-bond donors (Lipinski definition) is 0. The van der Waals surface area contributed by atoms with Gasteiger partial charge in [0.1, 0.15) is 11.2 Å². The van der Waals surface area contributed by atoms with Gasteiger partial charge in [0.15, 0.2) is 17.5 Å². The van der Waals surface area contributed by atoms with E-state index in [2.05, 4.69) is 95.6 Å². The Morgan fingerprint density at radius 3 is 1.77 bits per heavy atom. The van der Waals surface area contributed by atoms with Gasteiger partial charge >= 0.3 is 0 Å². The lowest BCUT2D eigenvalue weighted by atomic mass is 10.1. The van der Waals surface area contributed by atoms with E-state index >= 15 is 0 Å². The van der Waals surface area contributed by atoms with Crippen LogP contribution in [0.1, 0.15) is 0 Å². The third kappa shape index (κ3) is 4.15. The van der Waals surface area contributed by atoms with Gasteiger partial charge in [-0.2, -0.15) is 0 Å². The third-order valence-corrected chi connectivity index (χ3v) is 9.23. The molecule has 5 nitrogen and oxygen atoms in total. The fourth-order valence-corrected chi connectivity index (χ4v) is 6.98. The van der Waals surface area contributed by atoms with Crippen LogP contribution >= 0.6 is 0 Å². The summed E-state index contributed by atoms with van der Waals surface area (Å²) in [6, 6.07) is 54.5. The Balaban J connectivity index is 1.15. The maximum Gasteiger partial charge on any atom is 0.164 e. The molecule has 3 aromatic heterocycles. The van der Waals surface area contributed by atoms with Crippen LogP contribution in [0.25, 0.3) is 94.4 Å². The van der Waals surface area contributed by atoms with Crippen molar-refractivity contribution in [2.75, 3.05) is 0 Å². The van der Waals surface area contributed by atoms with Crippen molar-refractivity contribution in [2.24, 2.45) is 0 Å². The van der Waals surface area contributed by atoms with E-state index in [4.69, 9.17) is 19.4 Å². The van der Waals surface area contributed by atoms with Crippen LogP contribution < -0.4 is 0 Å². The number of rotatable bonds is 4. The summed E-state index contributed by atoms with van der Waals surface area (Å²) in [5, 5.41) is 7.04. The minimum Gasteiger partial charge on any atom is -0.456 e. The van der Waals surface area contributed by atoms with E-state index in [0.717, 1.165) is 44.3 Å². The van der Waals surface area contributed by atoms with E-state index in [1.807, 2.05) is 66.7 Å². The molecule has 224 valence electrons. The second kappa shape index (κ2) is 10.5. The van der Waals surface area contributed by atoms with Crippen molar-refractivity contribution < 1.29 is 4.42 Å². The average Bonchev–Trinajstić information content (AvgIpc) is 3.70. The van der Waals surface area contributed by atoms with Crippen LogP contribution in [-0.2, 0) is 0 Å². The Morgan fingerprint density at radius 2 is 1.02 bits per heavy atom. The highest BCUT2D eigenvalue weighted by molar-refractivity contribution is 6.19. The highest BCUT2D eigenvalue weighted by Crippen LogP contribution is 2.39. The average molecular weight is 615 g/mol. The summed E-state index contributed by atoms with van der Waals surface area (Å²) in [5.74, 6) is 1.86. The Kier molecular flexibility index (Phi) is 5.81. The Morgan fingerprint density at radius 1 is 0.396 bits per heavy atom. The van der Waals surface area contributed by atoms with Gasteiger partial charge in [0.05, 0.1) is 11.0 Å². The van der Waals surface area contributed by atoms with Gasteiger partial charge in [-0.15, -0.1) is 0 Å². The molecule has 0 amide bonds. The van der Waals surface area contributed by atoms with Gasteiger partial charge in [-0.3, -0.25) is 0 Å². The van der Waals surface area contributed by atoms with E-state index in [9.17, 15) is 0 Å². The van der Waals surface area contributed by atoms with Crippen LogP contribution in [0.4, 0.5) is 0 Å². The number of nitrogens with zero attached hydrogens (tertiary/aromatic N) is 4. The summed E-state index contributed by atoms with van der Waals surface area (Å²) in [6.07, 6.45) is 0. The van der Waals surface area contributed by atoms with Crippen LogP contribution in [-0.4, -0.2) is 19.5 Å². The van der Waals surface area contributed by atoms with E-state index in [1.165, 1.54) is 32.6 Å². The van der Waals surface area contributed by atoms with Crippen molar-refractivity contribution in [3.05, 3.63) is 158 Å². The molecule has 0 radical (unpaired) electrons. The van der Waals surface area contributed by atoms with Crippen molar-refractivity contribution in [2.45, 2.75) is 0 Å². The molecule has 0 aliphatic heterocycles. The fraction of sp³-hybridized carbons (Fsp3) is 0. The zero-order valence-electron chi connectivity index (χ0n) is 25.7. The summed E-state index contributed by atoms with van der Waals surface area (Å²) in [5.41, 5.74) is 7.85. The highest BCUT2D eigenvalue weighted by atomic mass is 16.3. The second-order valence-electron chi connectivity index (χ2n) is 12.1. The first-order valence-corrected chi connectivity index (χ1v) is 16.0. The molecule has 48 heavy (non-hydrogen) atoms. The van der Waals surface area contributed by atoms with Crippen molar-refractivity contribution in [1.82, 2.24) is 19.5 Å². The number of fused-ring (bicyclic) bond motifs is 8. The van der Waals surface area contributed by atoms with Crippen LogP contribution in [0.15, 0.2) is 162 Å². The second-order valence-corrected chi connectivity index (χ2v) is 12.1. The predicted octanol–water partition coefficient (Wildman–Crippen LogP) is 11.0. The first-order chi connectivity index (χ1) is 23.8. The lowest BCUT2D eigenvalue weighted by molar-refractivity contribution is 0.669. The summed E-state index contributed by atoms with van der Waals surface area (Å²) in [6.45, 7) is 0. The number of furan rings is 1. The first kappa shape index (κ1) is 26.6. The molecule has 0 spiro atoms. The maximum atomic E-state index is 6.48. The SMILES string of the molecule is c1ccc(-c2nc(-c3ccccc3)nc(-c3ccc4c(c3)oc3ccc(-n5c6ccccc6c6ccc7ccccc7c65)cc34)n2)cc1. The maximum absolute atomic E-state index is 6.48. The smallest absolute Gasteiger partial charge is 0.164 e. The van der Waals surface area contributed by atoms with Crippen LogP contribution in [0.2, 0.25) is 0 Å². The molecular formula is C43H26N4O. The summed E-state index contributed by atoms with van der Waals surface area (Å²) >= 11 is 0. The molecule has 0 bridgehead atoms. The first-order valence-electron chi connectivity index (χ1n) is 16.0. The van der Waals surface area contributed by atoms with E-state index in [0.29, 0.717) is 17.5 Å². The minimum atomic E-state index is 0.600. The summed E-state index contributed by atoms with van der Waals surface area (Å²) in [7, 11) is 0. The number of benzene rings is 7. The van der Waals surface area contributed by atoms with Crippen molar-refractivity contribution in [3.63, 3.8) is 0 Å². The minimum absolute atomic E-state index is 0.600. The van der Waals surface area contributed by atoms with Gasteiger partial charge in [0.2, 0.25) is 0 Å².